The number of amides is 1. The van der Waals surface area contributed by atoms with Crippen molar-refractivity contribution in [1.29, 1.82) is 0 Å². The number of halogens is 1. The Labute approximate surface area is 142 Å². The Balaban J connectivity index is 1.54. The standard InChI is InChI=1S/C16H18FN3O3S/c17-12-3-1-11(2-4-12)14(21)15(22)18-9-13-10-24-16(19-13)20-5-7-23-8-6-20/h1-4,10,14,21H,5-9H2,(H,18,22). The van der Waals surface area contributed by atoms with Crippen LogP contribution in [-0.2, 0) is 16.1 Å². The fourth-order valence-electron chi connectivity index (χ4n) is 2.35. The molecule has 1 fully saturated rings. The van der Waals surface area contributed by atoms with Gasteiger partial charge in [-0.1, -0.05) is 12.1 Å². The van der Waals surface area contributed by atoms with Gasteiger partial charge in [-0.15, -0.1) is 11.3 Å². The van der Waals surface area contributed by atoms with Crippen LogP contribution < -0.4 is 10.2 Å². The van der Waals surface area contributed by atoms with Crippen LogP contribution in [-0.4, -0.2) is 42.3 Å². The van der Waals surface area contributed by atoms with Crippen LogP contribution in [0.5, 0.6) is 0 Å². The van der Waals surface area contributed by atoms with Gasteiger partial charge in [0.2, 0.25) is 0 Å². The summed E-state index contributed by atoms with van der Waals surface area (Å²) < 4.78 is 18.2. The molecule has 1 unspecified atom stereocenters. The van der Waals surface area contributed by atoms with E-state index in [9.17, 15) is 14.3 Å². The van der Waals surface area contributed by atoms with E-state index in [1.807, 2.05) is 5.38 Å². The smallest absolute Gasteiger partial charge is 0.253 e. The third-order valence-electron chi connectivity index (χ3n) is 3.70. The van der Waals surface area contributed by atoms with Gasteiger partial charge in [0.1, 0.15) is 5.82 Å². The lowest BCUT2D eigenvalue weighted by Gasteiger charge is -2.26. The van der Waals surface area contributed by atoms with Crippen molar-refractivity contribution in [2.45, 2.75) is 12.6 Å². The summed E-state index contributed by atoms with van der Waals surface area (Å²) in [4.78, 5) is 18.6. The van der Waals surface area contributed by atoms with E-state index in [2.05, 4.69) is 15.2 Å². The second-order valence-corrected chi connectivity index (χ2v) is 6.23. The van der Waals surface area contributed by atoms with E-state index in [4.69, 9.17) is 4.74 Å². The van der Waals surface area contributed by atoms with Gasteiger partial charge in [0.15, 0.2) is 11.2 Å². The van der Waals surface area contributed by atoms with Gasteiger partial charge in [0.05, 0.1) is 25.5 Å². The molecule has 1 aromatic carbocycles. The highest BCUT2D eigenvalue weighted by Crippen LogP contribution is 2.21. The maximum atomic E-state index is 12.9. The van der Waals surface area contributed by atoms with Gasteiger partial charge in [0.25, 0.3) is 5.91 Å². The number of hydrogen-bond acceptors (Lipinski definition) is 6. The summed E-state index contributed by atoms with van der Waals surface area (Å²) in [5.74, 6) is -0.952. The number of aliphatic hydroxyl groups excluding tert-OH is 1. The summed E-state index contributed by atoms with van der Waals surface area (Å²) in [5.41, 5.74) is 1.09. The third-order valence-corrected chi connectivity index (χ3v) is 4.65. The van der Waals surface area contributed by atoms with Gasteiger partial charge in [-0.05, 0) is 17.7 Å². The molecule has 0 aliphatic carbocycles. The summed E-state index contributed by atoms with van der Waals surface area (Å²) in [6, 6.07) is 5.19. The number of aliphatic hydroxyl groups is 1. The highest BCUT2D eigenvalue weighted by Gasteiger charge is 2.18. The zero-order valence-electron chi connectivity index (χ0n) is 12.9. The lowest BCUT2D eigenvalue weighted by Crippen LogP contribution is -2.36. The van der Waals surface area contributed by atoms with E-state index in [0.717, 1.165) is 23.9 Å². The molecule has 6 nitrogen and oxygen atoms in total. The number of ether oxygens (including phenoxy) is 1. The molecular weight excluding hydrogens is 333 g/mol. The summed E-state index contributed by atoms with van der Waals surface area (Å²) in [7, 11) is 0. The van der Waals surface area contributed by atoms with Crippen LogP contribution in [0.2, 0.25) is 0 Å². The molecule has 1 amide bonds. The van der Waals surface area contributed by atoms with Crippen molar-refractivity contribution in [3.63, 3.8) is 0 Å². The fraction of sp³-hybridized carbons (Fsp3) is 0.375. The maximum Gasteiger partial charge on any atom is 0.253 e. The van der Waals surface area contributed by atoms with Gasteiger partial charge in [-0.2, -0.15) is 0 Å². The molecular formula is C16H18FN3O3S. The molecule has 0 spiro atoms. The van der Waals surface area contributed by atoms with Gasteiger partial charge >= 0.3 is 0 Å². The molecule has 2 aromatic rings. The number of hydrogen-bond donors (Lipinski definition) is 2. The summed E-state index contributed by atoms with van der Waals surface area (Å²) in [6.45, 7) is 3.23. The number of nitrogens with zero attached hydrogens (tertiary/aromatic N) is 2. The molecule has 2 N–H and O–H groups in total. The number of carbonyl (C=O) groups excluding carboxylic acids is 1. The molecule has 3 rings (SSSR count). The molecule has 1 aromatic heterocycles. The van der Waals surface area contributed by atoms with Crippen molar-refractivity contribution < 1.29 is 19.0 Å². The van der Waals surface area contributed by atoms with Crippen LogP contribution in [0.1, 0.15) is 17.4 Å². The monoisotopic (exact) mass is 351 g/mol. The summed E-state index contributed by atoms with van der Waals surface area (Å²) >= 11 is 1.52. The molecule has 24 heavy (non-hydrogen) atoms. The number of benzene rings is 1. The quantitative estimate of drug-likeness (QED) is 0.853. The van der Waals surface area contributed by atoms with Crippen LogP contribution in [0.4, 0.5) is 9.52 Å². The Morgan fingerprint density at radius 3 is 2.79 bits per heavy atom. The molecule has 1 saturated heterocycles. The van der Waals surface area contributed by atoms with Gasteiger partial charge in [-0.3, -0.25) is 4.79 Å². The second-order valence-electron chi connectivity index (χ2n) is 5.39. The highest BCUT2D eigenvalue weighted by molar-refractivity contribution is 7.13. The zero-order chi connectivity index (χ0) is 16.9. The molecule has 0 bridgehead atoms. The first-order chi connectivity index (χ1) is 11.6. The predicted octanol–water partition coefficient (Wildman–Crippen LogP) is 1.47. The fourth-order valence-corrected chi connectivity index (χ4v) is 3.23. The van der Waals surface area contributed by atoms with Crippen molar-refractivity contribution in [1.82, 2.24) is 10.3 Å². The summed E-state index contributed by atoms with van der Waals surface area (Å²) in [6.07, 6.45) is -1.33. The number of morpholine rings is 1. The molecule has 0 saturated carbocycles. The van der Waals surface area contributed by atoms with E-state index in [0.29, 0.717) is 18.8 Å². The van der Waals surface area contributed by atoms with E-state index < -0.39 is 17.8 Å². The van der Waals surface area contributed by atoms with Crippen LogP contribution in [0.25, 0.3) is 0 Å². The van der Waals surface area contributed by atoms with Gasteiger partial charge in [0, 0.05) is 18.5 Å². The molecule has 2 heterocycles. The SMILES string of the molecule is O=C(NCc1csc(N2CCOCC2)n1)C(O)c1ccc(F)cc1. The Morgan fingerprint density at radius 1 is 1.38 bits per heavy atom. The maximum absolute atomic E-state index is 12.9. The highest BCUT2D eigenvalue weighted by atomic mass is 32.1. The van der Waals surface area contributed by atoms with Crippen LogP contribution in [0, 0.1) is 5.82 Å². The second kappa shape index (κ2) is 7.69. The normalized spacial score (nSPS) is 16.0. The Kier molecular flexibility index (Phi) is 5.39. The van der Waals surface area contributed by atoms with Crippen molar-refractivity contribution in [2.24, 2.45) is 0 Å². The van der Waals surface area contributed by atoms with Crippen molar-refractivity contribution in [3.8, 4) is 0 Å². The number of carbonyl (C=O) groups is 1. The Morgan fingerprint density at radius 2 is 2.08 bits per heavy atom. The number of rotatable bonds is 5. The molecule has 1 aliphatic heterocycles. The van der Waals surface area contributed by atoms with E-state index in [-0.39, 0.29) is 6.54 Å². The first kappa shape index (κ1) is 16.8. The average Bonchev–Trinajstić information content (AvgIpc) is 3.09. The van der Waals surface area contributed by atoms with E-state index in [1.165, 1.54) is 35.6 Å². The molecule has 8 heteroatoms. The molecule has 1 atom stereocenters. The van der Waals surface area contributed by atoms with Crippen LogP contribution in [0.3, 0.4) is 0 Å². The van der Waals surface area contributed by atoms with Crippen molar-refractivity contribution in [3.05, 3.63) is 46.7 Å². The minimum absolute atomic E-state index is 0.234. The number of aromatic nitrogens is 1. The Bertz CT molecular complexity index is 686. The molecule has 0 radical (unpaired) electrons. The van der Waals surface area contributed by atoms with Crippen LogP contribution in [0.15, 0.2) is 29.6 Å². The first-order valence-corrected chi connectivity index (χ1v) is 8.50. The van der Waals surface area contributed by atoms with Gasteiger partial charge in [-0.25, -0.2) is 9.37 Å². The van der Waals surface area contributed by atoms with Crippen molar-refractivity contribution >= 4 is 22.4 Å². The topological polar surface area (TPSA) is 74.7 Å². The van der Waals surface area contributed by atoms with Gasteiger partial charge < -0.3 is 20.1 Å². The molecule has 128 valence electrons. The minimum Gasteiger partial charge on any atom is -0.378 e. The lowest BCUT2D eigenvalue weighted by molar-refractivity contribution is -0.129. The van der Waals surface area contributed by atoms with Crippen molar-refractivity contribution in [2.75, 3.05) is 31.2 Å². The summed E-state index contributed by atoms with van der Waals surface area (Å²) in [5, 5.41) is 15.4. The number of thiazole rings is 1. The Hall–Kier alpha value is -2.03. The number of nitrogens with one attached hydrogen (secondary N) is 1. The molecule has 1 aliphatic rings. The average molecular weight is 351 g/mol. The first-order valence-electron chi connectivity index (χ1n) is 7.62. The van der Waals surface area contributed by atoms with E-state index in [1.54, 1.807) is 0 Å². The van der Waals surface area contributed by atoms with Crippen LogP contribution >= 0.6 is 11.3 Å². The number of anilines is 1. The lowest BCUT2D eigenvalue weighted by atomic mass is 10.1. The predicted molar refractivity (Wildman–Crippen MR) is 88.4 cm³/mol. The minimum atomic E-state index is -1.33. The van der Waals surface area contributed by atoms with E-state index >= 15 is 0 Å². The third kappa shape index (κ3) is 4.08. The largest absolute Gasteiger partial charge is 0.378 e. The zero-order valence-corrected chi connectivity index (χ0v) is 13.8.